The molecule has 0 saturated heterocycles. The molecule has 18 heavy (non-hydrogen) atoms. The lowest BCUT2D eigenvalue weighted by Gasteiger charge is -2.03. The van der Waals surface area contributed by atoms with Gasteiger partial charge in [-0.3, -0.25) is 4.79 Å². The number of para-hydroxylation sites is 1. The smallest absolute Gasteiger partial charge is 0.311 e. The fourth-order valence-electron chi connectivity index (χ4n) is 1.67. The van der Waals surface area contributed by atoms with Crippen LogP contribution in [0.2, 0.25) is 0 Å². The number of benzene rings is 1. The Hall–Kier alpha value is -2.30. The highest BCUT2D eigenvalue weighted by molar-refractivity contribution is 5.70. The third-order valence-corrected chi connectivity index (χ3v) is 2.54. The van der Waals surface area contributed by atoms with Crippen molar-refractivity contribution in [3.05, 3.63) is 35.7 Å². The monoisotopic (exact) mass is 247 g/mol. The number of carboxylic acid groups (broad SMARTS) is 1. The second-order valence-electron chi connectivity index (χ2n) is 3.80. The van der Waals surface area contributed by atoms with Gasteiger partial charge in [-0.2, -0.15) is 0 Å². The van der Waals surface area contributed by atoms with Crippen molar-refractivity contribution in [3.63, 3.8) is 0 Å². The lowest BCUT2D eigenvalue weighted by molar-refractivity contribution is -0.136. The zero-order valence-corrected chi connectivity index (χ0v) is 10.1. The molecule has 2 aromatic rings. The van der Waals surface area contributed by atoms with Gasteiger partial charge in [-0.15, -0.1) is 0 Å². The first-order chi connectivity index (χ1) is 8.61. The summed E-state index contributed by atoms with van der Waals surface area (Å²) in [6.45, 7) is 1.72. The van der Waals surface area contributed by atoms with Gasteiger partial charge < -0.3 is 14.3 Å². The maximum Gasteiger partial charge on any atom is 0.311 e. The second kappa shape index (κ2) is 4.91. The maximum absolute atomic E-state index is 10.7. The zero-order chi connectivity index (χ0) is 13.1. The van der Waals surface area contributed by atoms with E-state index in [1.165, 1.54) is 0 Å². The fourth-order valence-corrected chi connectivity index (χ4v) is 1.67. The summed E-state index contributed by atoms with van der Waals surface area (Å²) in [5.41, 5.74) is 1.29. The lowest BCUT2D eigenvalue weighted by Crippen LogP contribution is -1.99. The van der Waals surface area contributed by atoms with Crippen LogP contribution < -0.4 is 4.74 Å². The quantitative estimate of drug-likeness (QED) is 0.897. The Bertz CT molecular complexity index is 574. The van der Waals surface area contributed by atoms with Crippen molar-refractivity contribution in [1.82, 2.24) is 4.98 Å². The molecule has 0 atom stereocenters. The molecule has 0 radical (unpaired) electrons. The molecule has 0 spiro atoms. The molecular formula is C13H13NO4. The van der Waals surface area contributed by atoms with Crippen LogP contribution in [-0.2, 0) is 11.2 Å². The average Bonchev–Trinajstić information content (AvgIpc) is 2.70. The number of carbonyl (C=O) groups is 1. The summed E-state index contributed by atoms with van der Waals surface area (Å²) < 4.78 is 10.7. The number of aromatic nitrogens is 1. The van der Waals surface area contributed by atoms with Crippen molar-refractivity contribution in [3.8, 4) is 17.2 Å². The third kappa shape index (κ3) is 2.34. The Morgan fingerprint density at radius 2 is 2.17 bits per heavy atom. The van der Waals surface area contributed by atoms with Gasteiger partial charge in [0, 0.05) is 0 Å². The minimum atomic E-state index is -0.944. The molecule has 5 heteroatoms. The summed E-state index contributed by atoms with van der Waals surface area (Å²) in [6.07, 6.45) is -0.173. The van der Waals surface area contributed by atoms with Gasteiger partial charge >= 0.3 is 5.97 Å². The SMILES string of the molecule is COc1ccccc1-c1nc(C)c(CC(=O)O)o1. The minimum Gasteiger partial charge on any atom is -0.496 e. The molecule has 1 aromatic heterocycles. The number of hydrogen-bond donors (Lipinski definition) is 1. The Kier molecular flexibility index (Phi) is 3.32. The van der Waals surface area contributed by atoms with Gasteiger partial charge in [0.05, 0.1) is 18.4 Å². The summed E-state index contributed by atoms with van der Waals surface area (Å²) >= 11 is 0. The molecule has 2 rings (SSSR count). The van der Waals surface area contributed by atoms with Gasteiger partial charge in [0.25, 0.3) is 0 Å². The highest BCUT2D eigenvalue weighted by atomic mass is 16.5. The fraction of sp³-hybridized carbons (Fsp3) is 0.231. The highest BCUT2D eigenvalue weighted by Gasteiger charge is 2.16. The number of aryl methyl sites for hydroxylation is 1. The van der Waals surface area contributed by atoms with Gasteiger partial charge in [-0.25, -0.2) is 4.98 Å². The average molecular weight is 247 g/mol. The highest BCUT2D eigenvalue weighted by Crippen LogP contribution is 2.30. The van der Waals surface area contributed by atoms with Gasteiger partial charge in [-0.1, -0.05) is 12.1 Å². The number of methoxy groups -OCH3 is 1. The minimum absolute atomic E-state index is 0.173. The van der Waals surface area contributed by atoms with E-state index in [4.69, 9.17) is 14.3 Å². The van der Waals surface area contributed by atoms with Gasteiger partial charge in [-0.05, 0) is 19.1 Å². The van der Waals surface area contributed by atoms with Crippen LogP contribution in [0.4, 0.5) is 0 Å². The molecule has 5 nitrogen and oxygen atoms in total. The predicted molar refractivity (Wildman–Crippen MR) is 64.6 cm³/mol. The molecule has 0 aliphatic carbocycles. The maximum atomic E-state index is 10.7. The van der Waals surface area contributed by atoms with Gasteiger partial charge in [0.2, 0.25) is 5.89 Å². The van der Waals surface area contributed by atoms with E-state index in [0.717, 1.165) is 0 Å². The van der Waals surface area contributed by atoms with E-state index in [1.54, 1.807) is 20.1 Å². The molecule has 0 bridgehead atoms. The number of ether oxygens (including phenoxy) is 1. The van der Waals surface area contributed by atoms with Crippen LogP contribution in [0.5, 0.6) is 5.75 Å². The van der Waals surface area contributed by atoms with Crippen LogP contribution in [0.15, 0.2) is 28.7 Å². The third-order valence-electron chi connectivity index (χ3n) is 2.54. The molecule has 0 unspecified atom stereocenters. The van der Waals surface area contributed by atoms with E-state index < -0.39 is 5.97 Å². The molecule has 0 aliphatic heterocycles. The summed E-state index contributed by atoms with van der Waals surface area (Å²) in [5, 5.41) is 8.76. The largest absolute Gasteiger partial charge is 0.496 e. The summed E-state index contributed by atoms with van der Waals surface area (Å²) in [7, 11) is 1.56. The van der Waals surface area contributed by atoms with E-state index in [2.05, 4.69) is 4.98 Å². The Labute approximate surface area is 104 Å². The van der Waals surface area contributed by atoms with Crippen LogP contribution in [0.3, 0.4) is 0 Å². The molecule has 0 fully saturated rings. The van der Waals surface area contributed by atoms with Crippen molar-refractivity contribution < 1.29 is 19.1 Å². The lowest BCUT2D eigenvalue weighted by atomic mass is 10.2. The van der Waals surface area contributed by atoms with Crippen LogP contribution >= 0.6 is 0 Å². The van der Waals surface area contributed by atoms with Crippen molar-refractivity contribution in [1.29, 1.82) is 0 Å². The number of carboxylic acids is 1. The molecule has 0 saturated carbocycles. The van der Waals surface area contributed by atoms with Crippen LogP contribution in [0, 0.1) is 6.92 Å². The molecule has 94 valence electrons. The number of hydrogen-bond acceptors (Lipinski definition) is 4. The number of nitrogens with zero attached hydrogens (tertiary/aromatic N) is 1. The Balaban J connectivity index is 2.42. The number of rotatable bonds is 4. The molecule has 0 aliphatic rings. The second-order valence-corrected chi connectivity index (χ2v) is 3.80. The molecule has 1 heterocycles. The van der Waals surface area contributed by atoms with Gasteiger partial charge in [0.1, 0.15) is 17.9 Å². The van der Waals surface area contributed by atoms with E-state index in [0.29, 0.717) is 28.7 Å². The topological polar surface area (TPSA) is 72.6 Å². The van der Waals surface area contributed by atoms with Crippen LogP contribution in [-0.4, -0.2) is 23.2 Å². The van der Waals surface area contributed by atoms with Crippen molar-refractivity contribution in [2.45, 2.75) is 13.3 Å². The predicted octanol–water partition coefficient (Wildman–Crippen LogP) is 2.29. The number of oxazole rings is 1. The zero-order valence-electron chi connectivity index (χ0n) is 10.1. The number of aliphatic carboxylic acids is 1. The van der Waals surface area contributed by atoms with Crippen molar-refractivity contribution in [2.24, 2.45) is 0 Å². The van der Waals surface area contributed by atoms with Gasteiger partial charge in [0.15, 0.2) is 0 Å². The van der Waals surface area contributed by atoms with Crippen LogP contribution in [0.25, 0.3) is 11.5 Å². The summed E-state index contributed by atoms with van der Waals surface area (Å²) in [5.74, 6) is 0.436. The van der Waals surface area contributed by atoms with E-state index in [1.807, 2.05) is 18.2 Å². The first kappa shape index (κ1) is 12.2. The van der Waals surface area contributed by atoms with Crippen molar-refractivity contribution in [2.75, 3.05) is 7.11 Å². The van der Waals surface area contributed by atoms with E-state index >= 15 is 0 Å². The Morgan fingerprint density at radius 1 is 1.44 bits per heavy atom. The standard InChI is InChI=1S/C13H13NO4/c1-8-11(7-12(15)16)18-13(14-8)9-5-3-4-6-10(9)17-2/h3-6H,7H2,1-2H3,(H,15,16). The van der Waals surface area contributed by atoms with Crippen molar-refractivity contribution >= 4 is 5.97 Å². The molecule has 0 amide bonds. The van der Waals surface area contributed by atoms with Crippen LogP contribution in [0.1, 0.15) is 11.5 Å². The first-order valence-corrected chi connectivity index (χ1v) is 5.43. The Morgan fingerprint density at radius 3 is 2.83 bits per heavy atom. The normalized spacial score (nSPS) is 10.3. The summed E-state index contributed by atoms with van der Waals surface area (Å²) in [6, 6.07) is 7.30. The summed E-state index contributed by atoms with van der Waals surface area (Å²) in [4.78, 5) is 14.9. The molecule has 1 aromatic carbocycles. The van der Waals surface area contributed by atoms with E-state index in [9.17, 15) is 4.79 Å². The molecule has 1 N–H and O–H groups in total. The molecular weight excluding hydrogens is 234 g/mol. The van der Waals surface area contributed by atoms with E-state index in [-0.39, 0.29) is 6.42 Å². The first-order valence-electron chi connectivity index (χ1n) is 5.43.